The number of aromatic nitrogens is 1. The molecule has 3 aromatic rings. The SMILES string of the molecule is CC(=O)Nc1ccc(-c2c(C#N)c(N)nc(CCc3cccs3)c2C#N)cc1. The van der Waals surface area contributed by atoms with Crippen molar-refractivity contribution in [2.24, 2.45) is 0 Å². The van der Waals surface area contributed by atoms with Crippen molar-refractivity contribution >= 4 is 28.7 Å². The first-order valence-electron chi connectivity index (χ1n) is 8.56. The fraction of sp³-hybridized carbons (Fsp3) is 0.143. The Labute approximate surface area is 166 Å². The second-order valence-electron chi connectivity index (χ2n) is 6.13. The number of amides is 1. The summed E-state index contributed by atoms with van der Waals surface area (Å²) >= 11 is 1.65. The van der Waals surface area contributed by atoms with Crippen molar-refractivity contribution in [3.05, 3.63) is 63.5 Å². The Morgan fingerprint density at radius 3 is 2.43 bits per heavy atom. The number of hydrogen-bond donors (Lipinski definition) is 2. The molecule has 6 nitrogen and oxygen atoms in total. The van der Waals surface area contributed by atoms with Crippen LogP contribution in [-0.2, 0) is 17.6 Å². The van der Waals surface area contributed by atoms with Gasteiger partial charge in [-0.1, -0.05) is 18.2 Å². The van der Waals surface area contributed by atoms with Crippen molar-refractivity contribution in [1.82, 2.24) is 4.98 Å². The molecule has 138 valence electrons. The highest BCUT2D eigenvalue weighted by Crippen LogP contribution is 2.33. The predicted octanol–water partition coefficient (Wildman–Crippen LogP) is 3.88. The smallest absolute Gasteiger partial charge is 0.221 e. The molecule has 1 amide bonds. The van der Waals surface area contributed by atoms with E-state index in [-0.39, 0.29) is 17.3 Å². The van der Waals surface area contributed by atoms with E-state index in [0.717, 1.165) is 6.42 Å². The third kappa shape index (κ3) is 4.01. The Morgan fingerprint density at radius 1 is 1.14 bits per heavy atom. The minimum absolute atomic E-state index is 0.114. The summed E-state index contributed by atoms with van der Waals surface area (Å²) < 4.78 is 0. The Morgan fingerprint density at radius 2 is 1.86 bits per heavy atom. The van der Waals surface area contributed by atoms with E-state index in [0.29, 0.717) is 34.5 Å². The Kier molecular flexibility index (Phi) is 5.69. The van der Waals surface area contributed by atoms with Crippen LogP contribution in [0.3, 0.4) is 0 Å². The van der Waals surface area contributed by atoms with Gasteiger partial charge in [0.2, 0.25) is 5.91 Å². The molecule has 1 aromatic carbocycles. The second kappa shape index (κ2) is 8.34. The van der Waals surface area contributed by atoms with Crippen LogP contribution in [0.2, 0.25) is 0 Å². The van der Waals surface area contributed by atoms with Crippen molar-refractivity contribution in [1.29, 1.82) is 10.5 Å². The van der Waals surface area contributed by atoms with Crippen molar-refractivity contribution in [2.45, 2.75) is 19.8 Å². The molecular weight excluding hydrogens is 370 g/mol. The van der Waals surface area contributed by atoms with Crippen LogP contribution in [0.5, 0.6) is 0 Å². The molecule has 0 bridgehead atoms. The first-order chi connectivity index (χ1) is 13.5. The van der Waals surface area contributed by atoms with Crippen molar-refractivity contribution in [2.75, 3.05) is 11.1 Å². The Hall–Kier alpha value is -3.68. The Bertz CT molecular complexity index is 1090. The lowest BCUT2D eigenvalue weighted by Crippen LogP contribution is -2.08. The van der Waals surface area contributed by atoms with Crippen LogP contribution >= 0.6 is 11.3 Å². The van der Waals surface area contributed by atoms with E-state index in [2.05, 4.69) is 22.4 Å². The second-order valence-corrected chi connectivity index (χ2v) is 7.16. The molecule has 0 radical (unpaired) electrons. The summed E-state index contributed by atoms with van der Waals surface area (Å²) in [5, 5.41) is 24.1. The molecule has 7 heteroatoms. The Balaban J connectivity index is 2.06. The van der Waals surface area contributed by atoms with Gasteiger partial charge in [-0.25, -0.2) is 4.98 Å². The van der Waals surface area contributed by atoms with Gasteiger partial charge in [-0.3, -0.25) is 4.79 Å². The van der Waals surface area contributed by atoms with Gasteiger partial charge in [0.25, 0.3) is 0 Å². The van der Waals surface area contributed by atoms with Gasteiger partial charge in [0, 0.05) is 23.1 Å². The topological polar surface area (TPSA) is 116 Å². The quantitative estimate of drug-likeness (QED) is 0.689. The molecule has 0 saturated carbocycles. The van der Waals surface area contributed by atoms with Gasteiger partial charge >= 0.3 is 0 Å². The highest BCUT2D eigenvalue weighted by atomic mass is 32.1. The van der Waals surface area contributed by atoms with Crippen molar-refractivity contribution in [3.63, 3.8) is 0 Å². The standard InChI is InChI=1S/C21H17N5OS/c1-13(27)25-15-6-4-14(5-7-15)20-17(11-22)19(26-21(24)18(20)12-23)9-8-16-3-2-10-28-16/h2-7,10H,8-9H2,1H3,(H2,24,26)(H,25,27). The maximum atomic E-state index is 11.2. The minimum atomic E-state index is -0.174. The fourth-order valence-electron chi connectivity index (χ4n) is 2.98. The summed E-state index contributed by atoms with van der Waals surface area (Å²) in [6, 6.07) is 15.2. The molecule has 0 aliphatic carbocycles. The van der Waals surface area contributed by atoms with Gasteiger partial charge < -0.3 is 11.1 Å². The third-order valence-corrected chi connectivity index (χ3v) is 5.14. The zero-order chi connectivity index (χ0) is 20.1. The number of carbonyl (C=O) groups excluding carboxylic acids is 1. The van der Waals surface area contributed by atoms with Gasteiger partial charge in [-0.05, 0) is 42.0 Å². The van der Waals surface area contributed by atoms with E-state index in [1.54, 1.807) is 35.6 Å². The maximum Gasteiger partial charge on any atom is 0.221 e. The minimum Gasteiger partial charge on any atom is -0.383 e. The molecule has 0 atom stereocenters. The van der Waals surface area contributed by atoms with Crippen LogP contribution < -0.4 is 11.1 Å². The van der Waals surface area contributed by atoms with E-state index in [4.69, 9.17) is 5.73 Å². The van der Waals surface area contributed by atoms with Crippen LogP contribution in [0.15, 0.2) is 41.8 Å². The highest BCUT2D eigenvalue weighted by molar-refractivity contribution is 7.09. The maximum absolute atomic E-state index is 11.2. The number of aryl methyl sites for hydroxylation is 2. The predicted molar refractivity (Wildman–Crippen MR) is 110 cm³/mol. The molecule has 3 N–H and O–H groups in total. The van der Waals surface area contributed by atoms with E-state index in [1.807, 2.05) is 17.5 Å². The van der Waals surface area contributed by atoms with E-state index >= 15 is 0 Å². The monoisotopic (exact) mass is 387 g/mol. The number of rotatable bonds is 5. The number of benzene rings is 1. The van der Waals surface area contributed by atoms with Crippen LogP contribution in [0.25, 0.3) is 11.1 Å². The third-order valence-electron chi connectivity index (χ3n) is 4.21. The number of nitrogen functional groups attached to an aromatic ring is 1. The van der Waals surface area contributed by atoms with Gasteiger partial charge in [0.1, 0.15) is 23.5 Å². The molecule has 3 rings (SSSR count). The highest BCUT2D eigenvalue weighted by Gasteiger charge is 2.20. The summed E-state index contributed by atoms with van der Waals surface area (Å²) in [4.78, 5) is 16.7. The average molecular weight is 387 g/mol. The lowest BCUT2D eigenvalue weighted by Gasteiger charge is -2.13. The number of nitrogens with zero attached hydrogens (tertiary/aromatic N) is 3. The number of pyridine rings is 1. The summed E-state index contributed by atoms with van der Waals surface area (Å²) in [5.41, 5.74) is 8.95. The number of anilines is 2. The average Bonchev–Trinajstić information content (AvgIpc) is 3.19. The van der Waals surface area contributed by atoms with Crippen molar-refractivity contribution < 1.29 is 4.79 Å². The molecule has 28 heavy (non-hydrogen) atoms. The summed E-state index contributed by atoms with van der Waals surface area (Å²) in [5.74, 6) is -0.0594. The largest absolute Gasteiger partial charge is 0.383 e. The van der Waals surface area contributed by atoms with Gasteiger partial charge in [-0.15, -0.1) is 11.3 Å². The summed E-state index contributed by atoms with van der Waals surface area (Å²) in [6.07, 6.45) is 1.29. The number of hydrogen-bond acceptors (Lipinski definition) is 6. The number of nitrogens with two attached hydrogens (primary N) is 1. The summed E-state index contributed by atoms with van der Waals surface area (Å²) in [7, 11) is 0. The van der Waals surface area contributed by atoms with Crippen molar-refractivity contribution in [3.8, 4) is 23.3 Å². The van der Waals surface area contributed by atoms with E-state index in [9.17, 15) is 15.3 Å². The van der Waals surface area contributed by atoms with E-state index in [1.165, 1.54) is 11.8 Å². The molecule has 0 unspecified atom stereocenters. The van der Waals surface area contributed by atoms with Crippen LogP contribution in [0.4, 0.5) is 11.5 Å². The first kappa shape index (κ1) is 19.1. The normalized spacial score (nSPS) is 10.1. The zero-order valence-corrected chi connectivity index (χ0v) is 16.0. The van der Waals surface area contributed by atoms with E-state index < -0.39 is 0 Å². The molecule has 0 spiro atoms. The molecule has 0 aliphatic rings. The lowest BCUT2D eigenvalue weighted by molar-refractivity contribution is -0.114. The van der Waals surface area contributed by atoms with Gasteiger partial charge in [0.15, 0.2) is 0 Å². The molecule has 2 heterocycles. The van der Waals surface area contributed by atoms with Crippen LogP contribution in [0, 0.1) is 22.7 Å². The lowest BCUT2D eigenvalue weighted by atomic mass is 9.93. The van der Waals surface area contributed by atoms with Crippen LogP contribution in [0.1, 0.15) is 28.6 Å². The molecule has 0 fully saturated rings. The first-order valence-corrected chi connectivity index (χ1v) is 9.44. The zero-order valence-electron chi connectivity index (χ0n) is 15.2. The molecule has 0 saturated heterocycles. The number of carbonyl (C=O) groups is 1. The fourth-order valence-corrected chi connectivity index (χ4v) is 3.69. The summed E-state index contributed by atoms with van der Waals surface area (Å²) in [6.45, 7) is 1.43. The molecular formula is C21H17N5OS. The van der Waals surface area contributed by atoms with Gasteiger partial charge in [0.05, 0.1) is 11.3 Å². The van der Waals surface area contributed by atoms with Gasteiger partial charge in [-0.2, -0.15) is 10.5 Å². The number of nitrogens with one attached hydrogen (secondary N) is 1. The number of thiophene rings is 1. The van der Waals surface area contributed by atoms with Crippen LogP contribution in [-0.4, -0.2) is 10.9 Å². The number of nitriles is 2. The molecule has 0 aliphatic heterocycles. The molecule has 2 aromatic heterocycles.